The van der Waals surface area contributed by atoms with Crippen LogP contribution in [-0.2, 0) is 20.9 Å². The third-order valence-corrected chi connectivity index (χ3v) is 4.26. The number of ether oxygens (including phenoxy) is 1. The fourth-order valence-electron chi connectivity index (χ4n) is 2.83. The van der Waals surface area contributed by atoms with E-state index in [0.29, 0.717) is 0 Å². The third kappa shape index (κ3) is 3.18. The van der Waals surface area contributed by atoms with Crippen LogP contribution < -0.4 is 16.4 Å². The Morgan fingerprint density at radius 1 is 1.28 bits per heavy atom. The van der Waals surface area contributed by atoms with Crippen LogP contribution in [0.4, 0.5) is 0 Å². The summed E-state index contributed by atoms with van der Waals surface area (Å²) in [6.45, 7) is 0.0894. The highest BCUT2D eigenvalue weighted by molar-refractivity contribution is 5.87. The van der Waals surface area contributed by atoms with Crippen LogP contribution in [0.2, 0.25) is 0 Å². The fraction of sp³-hybridized carbons (Fsp3) is 0.375. The molecule has 1 aliphatic rings. The van der Waals surface area contributed by atoms with Crippen LogP contribution in [0, 0.1) is 0 Å². The number of carbonyl (C=O) groups excluding carboxylic acids is 1. The molecule has 1 aromatic heterocycles. The first kappa shape index (κ1) is 16.9. The molecule has 2 aromatic rings. The molecule has 3 rings (SSSR count). The van der Waals surface area contributed by atoms with E-state index in [9.17, 15) is 24.3 Å². The summed E-state index contributed by atoms with van der Waals surface area (Å²) in [6.07, 6.45) is 0.0318. The van der Waals surface area contributed by atoms with Gasteiger partial charge in [-0.05, 0) is 12.1 Å². The van der Waals surface area contributed by atoms with Crippen molar-refractivity contribution < 1.29 is 19.4 Å². The van der Waals surface area contributed by atoms with Crippen LogP contribution in [0.15, 0.2) is 33.9 Å². The molecule has 1 amide bonds. The van der Waals surface area contributed by atoms with Gasteiger partial charge in [0.2, 0.25) is 5.91 Å². The fourth-order valence-corrected chi connectivity index (χ4v) is 2.83. The Morgan fingerprint density at radius 3 is 2.64 bits per heavy atom. The predicted octanol–water partition coefficient (Wildman–Crippen LogP) is -0.560. The van der Waals surface area contributed by atoms with Gasteiger partial charge in [0.25, 0.3) is 11.1 Å². The highest BCUT2D eigenvalue weighted by Gasteiger charge is 2.43. The van der Waals surface area contributed by atoms with Crippen molar-refractivity contribution in [3.8, 4) is 0 Å². The maximum Gasteiger partial charge on any atom is 0.331 e. The number of H-pyrrole nitrogens is 1. The number of aryl methyl sites for hydroxylation is 1. The maximum atomic E-state index is 12.4. The minimum Gasteiger partial charge on any atom is -0.479 e. The normalized spacial score (nSPS) is 19.8. The number of fused-ring (bicyclic) bond motifs is 1. The molecule has 0 saturated carbocycles. The summed E-state index contributed by atoms with van der Waals surface area (Å²) in [4.78, 5) is 47.8. The summed E-state index contributed by atoms with van der Waals surface area (Å²) in [5.41, 5.74) is -2.28. The quantitative estimate of drug-likeness (QED) is 0.665. The molecule has 1 saturated heterocycles. The lowest BCUT2D eigenvalue weighted by atomic mass is 9.99. The number of amides is 1. The van der Waals surface area contributed by atoms with E-state index < -0.39 is 28.5 Å². The lowest BCUT2D eigenvalue weighted by molar-refractivity contribution is -0.147. The largest absolute Gasteiger partial charge is 0.479 e. The van der Waals surface area contributed by atoms with Crippen molar-refractivity contribution in [1.82, 2.24) is 15.1 Å². The Morgan fingerprint density at radius 2 is 2.00 bits per heavy atom. The van der Waals surface area contributed by atoms with Gasteiger partial charge in [0, 0.05) is 19.4 Å². The molecule has 1 aromatic carbocycles. The van der Waals surface area contributed by atoms with Gasteiger partial charge in [-0.1, -0.05) is 12.1 Å². The lowest BCUT2D eigenvalue weighted by Gasteiger charge is -2.23. The van der Waals surface area contributed by atoms with Crippen LogP contribution in [0.1, 0.15) is 12.8 Å². The van der Waals surface area contributed by atoms with E-state index in [1.807, 2.05) is 0 Å². The zero-order valence-electron chi connectivity index (χ0n) is 13.3. The average Bonchev–Trinajstić information content (AvgIpc) is 3.07. The molecule has 9 heteroatoms. The standard InChI is InChI=1S/C16H17N3O6/c20-12(17-16(15(23)24)6-8-25-9-16)5-7-19-14(22)11-4-2-1-3-10(11)13(21)18-19/h1-4H,5-9H2,(H,17,20)(H,18,21)(H,23,24). The molecule has 3 N–H and O–H groups in total. The molecule has 1 unspecified atom stereocenters. The predicted molar refractivity (Wildman–Crippen MR) is 87.4 cm³/mol. The molecule has 0 aliphatic carbocycles. The number of carboxylic acids is 1. The Hall–Kier alpha value is -2.94. The second-order valence-corrected chi connectivity index (χ2v) is 5.93. The van der Waals surface area contributed by atoms with E-state index in [-0.39, 0.29) is 43.4 Å². The summed E-state index contributed by atoms with van der Waals surface area (Å²) in [7, 11) is 0. The van der Waals surface area contributed by atoms with Crippen molar-refractivity contribution in [2.24, 2.45) is 0 Å². The van der Waals surface area contributed by atoms with Crippen LogP contribution in [0.3, 0.4) is 0 Å². The minimum absolute atomic E-state index is 0.0682. The van der Waals surface area contributed by atoms with Crippen LogP contribution in [0.25, 0.3) is 10.8 Å². The molecule has 1 atom stereocenters. The number of hydrogen-bond acceptors (Lipinski definition) is 5. The molecule has 9 nitrogen and oxygen atoms in total. The SMILES string of the molecule is O=C(CCn1[nH]c(=O)c2ccccc2c1=O)NC1(C(=O)O)CCOC1. The second-order valence-electron chi connectivity index (χ2n) is 5.93. The van der Waals surface area contributed by atoms with Crippen molar-refractivity contribution in [3.05, 3.63) is 45.0 Å². The molecule has 0 bridgehead atoms. The number of aromatic amines is 1. The Bertz CT molecular complexity index is 939. The topological polar surface area (TPSA) is 130 Å². The van der Waals surface area contributed by atoms with E-state index in [1.165, 1.54) is 0 Å². The number of carbonyl (C=O) groups is 2. The van der Waals surface area contributed by atoms with Gasteiger partial charge in [-0.15, -0.1) is 0 Å². The van der Waals surface area contributed by atoms with E-state index in [1.54, 1.807) is 24.3 Å². The molecule has 2 heterocycles. The zero-order chi connectivity index (χ0) is 18.0. The van der Waals surface area contributed by atoms with Gasteiger partial charge in [0.15, 0.2) is 5.54 Å². The molecule has 25 heavy (non-hydrogen) atoms. The van der Waals surface area contributed by atoms with Crippen molar-refractivity contribution in [2.75, 3.05) is 13.2 Å². The first-order valence-electron chi connectivity index (χ1n) is 7.77. The van der Waals surface area contributed by atoms with Gasteiger partial charge in [0.05, 0.1) is 23.9 Å². The van der Waals surface area contributed by atoms with Gasteiger partial charge in [0.1, 0.15) is 0 Å². The number of aromatic nitrogens is 2. The second kappa shape index (κ2) is 6.52. The number of nitrogens with one attached hydrogen (secondary N) is 2. The Labute approximate surface area is 141 Å². The third-order valence-electron chi connectivity index (χ3n) is 4.26. The van der Waals surface area contributed by atoms with E-state index >= 15 is 0 Å². The van der Waals surface area contributed by atoms with Crippen LogP contribution in [-0.4, -0.2) is 45.5 Å². The van der Waals surface area contributed by atoms with Crippen molar-refractivity contribution in [3.63, 3.8) is 0 Å². The number of hydrogen-bond donors (Lipinski definition) is 3. The highest BCUT2D eigenvalue weighted by atomic mass is 16.5. The molecule has 0 radical (unpaired) electrons. The van der Waals surface area contributed by atoms with E-state index in [2.05, 4.69) is 10.4 Å². The number of nitrogens with zero attached hydrogens (tertiary/aromatic N) is 1. The molecule has 1 fully saturated rings. The molecule has 132 valence electrons. The van der Waals surface area contributed by atoms with Crippen molar-refractivity contribution in [1.29, 1.82) is 0 Å². The first-order chi connectivity index (χ1) is 11.9. The molecule has 0 spiro atoms. The number of carboxylic acid groups (broad SMARTS) is 1. The lowest BCUT2D eigenvalue weighted by Crippen LogP contribution is -2.55. The van der Waals surface area contributed by atoms with Gasteiger partial charge in [-0.25, -0.2) is 9.48 Å². The van der Waals surface area contributed by atoms with Crippen molar-refractivity contribution >= 4 is 22.6 Å². The summed E-state index contributed by atoms with van der Waals surface area (Å²) < 4.78 is 6.13. The molecular weight excluding hydrogens is 330 g/mol. The van der Waals surface area contributed by atoms with Gasteiger partial charge in [-0.3, -0.25) is 19.5 Å². The minimum atomic E-state index is -1.43. The number of aliphatic carboxylic acids is 1. The van der Waals surface area contributed by atoms with Gasteiger partial charge in [-0.2, -0.15) is 0 Å². The van der Waals surface area contributed by atoms with Crippen molar-refractivity contribution in [2.45, 2.75) is 24.9 Å². The monoisotopic (exact) mass is 347 g/mol. The van der Waals surface area contributed by atoms with Gasteiger partial charge >= 0.3 is 5.97 Å². The van der Waals surface area contributed by atoms with Gasteiger partial charge < -0.3 is 15.2 Å². The summed E-state index contributed by atoms with van der Waals surface area (Å²) in [5, 5.41) is 14.7. The summed E-state index contributed by atoms with van der Waals surface area (Å²) in [6, 6.07) is 6.39. The number of rotatable bonds is 5. The van der Waals surface area contributed by atoms with Crippen LogP contribution in [0.5, 0.6) is 0 Å². The Kier molecular flexibility index (Phi) is 4.41. The average molecular weight is 347 g/mol. The Balaban J connectivity index is 1.76. The maximum absolute atomic E-state index is 12.4. The summed E-state index contributed by atoms with van der Waals surface area (Å²) in [5.74, 6) is -1.69. The van der Waals surface area contributed by atoms with E-state index in [4.69, 9.17) is 4.74 Å². The first-order valence-corrected chi connectivity index (χ1v) is 7.77. The molecule has 1 aliphatic heterocycles. The highest BCUT2D eigenvalue weighted by Crippen LogP contribution is 2.19. The number of benzene rings is 1. The van der Waals surface area contributed by atoms with Crippen LogP contribution >= 0.6 is 0 Å². The zero-order valence-corrected chi connectivity index (χ0v) is 13.3. The molecular formula is C16H17N3O6. The van der Waals surface area contributed by atoms with E-state index in [0.717, 1.165) is 4.68 Å². The summed E-state index contributed by atoms with van der Waals surface area (Å²) >= 11 is 0. The smallest absolute Gasteiger partial charge is 0.331 e.